The highest BCUT2D eigenvalue weighted by Crippen LogP contribution is 2.41. The Hall–Kier alpha value is -1.09. The molecule has 1 saturated carbocycles. The van der Waals surface area contributed by atoms with Crippen molar-refractivity contribution in [3.63, 3.8) is 0 Å². The van der Waals surface area contributed by atoms with Crippen LogP contribution in [0.2, 0.25) is 0 Å². The number of hydrogen-bond acceptors (Lipinski definition) is 3. The first-order valence-corrected chi connectivity index (χ1v) is 10.6. The van der Waals surface area contributed by atoms with Crippen LogP contribution in [0.25, 0.3) is 0 Å². The van der Waals surface area contributed by atoms with E-state index in [1.807, 2.05) is 6.08 Å². The predicted molar refractivity (Wildman–Crippen MR) is 107 cm³/mol. The molecular weight excluding hydrogens is 324 g/mol. The molecule has 3 nitrogen and oxygen atoms in total. The zero-order valence-electron chi connectivity index (χ0n) is 17.2. The number of esters is 1. The molecule has 2 aliphatic rings. The third-order valence-electron chi connectivity index (χ3n) is 6.48. The molecule has 0 heterocycles. The summed E-state index contributed by atoms with van der Waals surface area (Å²) >= 11 is 0. The number of aliphatic hydroxyl groups is 1. The number of hydrogen-bond donors (Lipinski definition) is 1. The lowest BCUT2D eigenvalue weighted by Crippen LogP contribution is -2.50. The van der Waals surface area contributed by atoms with Crippen LogP contribution in [0.5, 0.6) is 0 Å². The van der Waals surface area contributed by atoms with E-state index in [-0.39, 0.29) is 12.0 Å². The fraction of sp³-hybridized carbons (Fsp3) is 0.783. The summed E-state index contributed by atoms with van der Waals surface area (Å²) in [6.07, 6.45) is 11.2. The summed E-state index contributed by atoms with van der Waals surface area (Å²) < 4.78 is 6.06. The normalized spacial score (nSPS) is 29.8. The maximum Gasteiger partial charge on any atom is 0.343 e. The Labute approximate surface area is 159 Å². The van der Waals surface area contributed by atoms with Gasteiger partial charge in [-0.25, -0.2) is 4.79 Å². The summed E-state index contributed by atoms with van der Waals surface area (Å²) in [4.78, 5) is 13.3. The van der Waals surface area contributed by atoms with E-state index in [4.69, 9.17) is 4.74 Å². The zero-order valence-corrected chi connectivity index (χ0v) is 17.2. The van der Waals surface area contributed by atoms with Gasteiger partial charge < -0.3 is 9.84 Å². The Kier molecular flexibility index (Phi) is 7.52. The lowest BCUT2D eigenvalue weighted by Gasteiger charge is -2.40. The van der Waals surface area contributed by atoms with Crippen LogP contribution in [0.4, 0.5) is 0 Å². The van der Waals surface area contributed by atoms with E-state index in [1.165, 1.54) is 6.42 Å². The molecule has 1 N–H and O–H groups in total. The van der Waals surface area contributed by atoms with Gasteiger partial charge in [0.05, 0.1) is 0 Å². The van der Waals surface area contributed by atoms with Gasteiger partial charge in [0.2, 0.25) is 0 Å². The van der Waals surface area contributed by atoms with Crippen molar-refractivity contribution in [2.24, 2.45) is 23.7 Å². The van der Waals surface area contributed by atoms with E-state index in [1.54, 1.807) is 6.08 Å². The Morgan fingerprint density at radius 2 is 2.19 bits per heavy atom. The Morgan fingerprint density at radius 1 is 1.46 bits per heavy atom. The molecule has 0 aromatic rings. The molecular formula is C23H38O3. The summed E-state index contributed by atoms with van der Waals surface area (Å²) in [5.74, 6) is 0.680. The molecule has 0 aliphatic heterocycles. The van der Waals surface area contributed by atoms with Gasteiger partial charge >= 0.3 is 5.97 Å². The average Bonchev–Trinajstić information content (AvgIpc) is 3.13. The first kappa shape index (κ1) is 21.2. The Morgan fingerprint density at radius 3 is 2.73 bits per heavy atom. The number of rotatable bonds is 8. The van der Waals surface area contributed by atoms with Gasteiger partial charge in [0.1, 0.15) is 6.10 Å². The third kappa shape index (κ3) is 4.42. The summed E-state index contributed by atoms with van der Waals surface area (Å²) in [6, 6.07) is 0. The smallest absolute Gasteiger partial charge is 0.343 e. The number of ether oxygens (including phenoxy) is 1. The Balaban J connectivity index is 2.26. The van der Waals surface area contributed by atoms with E-state index in [0.717, 1.165) is 50.5 Å². The number of allylic oxidation sites excluding steroid dienone is 1. The molecule has 0 aromatic heterocycles. The minimum atomic E-state index is -1.55. The molecule has 26 heavy (non-hydrogen) atoms. The molecule has 0 bridgehead atoms. The topological polar surface area (TPSA) is 46.5 Å². The molecule has 0 radical (unpaired) electrons. The molecule has 148 valence electrons. The van der Waals surface area contributed by atoms with Crippen LogP contribution >= 0.6 is 0 Å². The van der Waals surface area contributed by atoms with Gasteiger partial charge in [-0.3, -0.25) is 0 Å². The van der Waals surface area contributed by atoms with Gasteiger partial charge in [-0.15, -0.1) is 6.58 Å². The highest BCUT2D eigenvalue weighted by atomic mass is 16.6. The second-order valence-electron chi connectivity index (χ2n) is 8.79. The predicted octanol–water partition coefficient (Wildman–Crippen LogP) is 5.43. The first-order chi connectivity index (χ1) is 12.3. The van der Waals surface area contributed by atoms with Crippen molar-refractivity contribution in [1.82, 2.24) is 0 Å². The molecule has 5 atom stereocenters. The summed E-state index contributed by atoms with van der Waals surface area (Å²) in [7, 11) is 0. The van der Waals surface area contributed by atoms with Crippen LogP contribution in [0, 0.1) is 23.7 Å². The largest absolute Gasteiger partial charge is 0.460 e. The maximum absolute atomic E-state index is 13.3. The van der Waals surface area contributed by atoms with Gasteiger partial charge in [0.25, 0.3) is 0 Å². The molecule has 0 spiro atoms. The average molecular weight is 363 g/mol. The highest BCUT2D eigenvalue weighted by Gasteiger charge is 2.49. The zero-order chi connectivity index (χ0) is 19.3. The van der Waals surface area contributed by atoms with Crippen LogP contribution in [0.3, 0.4) is 0 Å². The van der Waals surface area contributed by atoms with Crippen LogP contribution in [0.15, 0.2) is 24.3 Å². The van der Waals surface area contributed by atoms with Crippen molar-refractivity contribution in [2.75, 3.05) is 0 Å². The molecule has 2 rings (SSSR count). The molecule has 3 heteroatoms. The van der Waals surface area contributed by atoms with Crippen LogP contribution in [0.1, 0.15) is 79.1 Å². The Bertz CT molecular complexity index is 522. The first-order valence-electron chi connectivity index (χ1n) is 10.6. The van der Waals surface area contributed by atoms with Crippen molar-refractivity contribution in [3.8, 4) is 0 Å². The van der Waals surface area contributed by atoms with Crippen molar-refractivity contribution >= 4 is 5.97 Å². The summed E-state index contributed by atoms with van der Waals surface area (Å²) in [6.45, 7) is 12.6. The third-order valence-corrected chi connectivity index (χ3v) is 6.48. The molecule has 0 unspecified atom stereocenters. The van der Waals surface area contributed by atoms with E-state index in [0.29, 0.717) is 17.8 Å². The van der Waals surface area contributed by atoms with Crippen LogP contribution in [-0.2, 0) is 9.53 Å². The highest BCUT2D eigenvalue weighted by molar-refractivity contribution is 5.84. The van der Waals surface area contributed by atoms with Gasteiger partial charge in [-0.1, -0.05) is 52.7 Å². The van der Waals surface area contributed by atoms with Crippen LogP contribution < -0.4 is 0 Å². The van der Waals surface area contributed by atoms with Gasteiger partial charge in [-0.05, 0) is 61.9 Å². The van der Waals surface area contributed by atoms with E-state index in [9.17, 15) is 9.90 Å². The minimum absolute atomic E-state index is 0.0909. The lowest BCUT2D eigenvalue weighted by atomic mass is 9.74. The van der Waals surface area contributed by atoms with Crippen molar-refractivity contribution in [1.29, 1.82) is 0 Å². The van der Waals surface area contributed by atoms with Crippen molar-refractivity contribution in [3.05, 3.63) is 24.3 Å². The van der Waals surface area contributed by atoms with E-state index in [2.05, 4.69) is 34.3 Å². The second-order valence-corrected chi connectivity index (χ2v) is 8.79. The number of carbonyl (C=O) groups excluding carboxylic acids is 1. The maximum atomic E-state index is 13.3. The van der Waals surface area contributed by atoms with Gasteiger partial charge in [0.15, 0.2) is 5.60 Å². The van der Waals surface area contributed by atoms with Crippen LogP contribution in [-0.4, -0.2) is 22.8 Å². The van der Waals surface area contributed by atoms with E-state index >= 15 is 0 Å². The van der Waals surface area contributed by atoms with Gasteiger partial charge in [-0.2, -0.15) is 0 Å². The van der Waals surface area contributed by atoms with Crippen molar-refractivity contribution < 1.29 is 14.6 Å². The standard InChI is InChI=1S/C23H38O3/c1-6-10-18(7-2)23(25,19-11-8-9-12-19)22(24)26-21-15-17(5)13-14-20(21)16(3)4/h7,11,16-18,20-21,25H,2,6,8-10,12-15H2,1,3-5H3/t17-,18-,20+,21-,23+/m1/s1. The second kappa shape index (κ2) is 9.21. The summed E-state index contributed by atoms with van der Waals surface area (Å²) in [5.41, 5.74) is -0.706. The SMILES string of the molecule is C=C[C@H](CCC)[C@@](O)(C(=O)O[C@@H]1C[C@H](C)CC[C@H]1C(C)C)C1=CCCC1. The number of carbonyl (C=O) groups is 1. The lowest BCUT2D eigenvalue weighted by molar-refractivity contribution is -0.177. The minimum Gasteiger partial charge on any atom is -0.460 e. The monoisotopic (exact) mass is 362 g/mol. The summed E-state index contributed by atoms with van der Waals surface area (Å²) in [5, 5.41) is 11.6. The molecule has 0 amide bonds. The fourth-order valence-corrected chi connectivity index (χ4v) is 4.82. The molecule has 0 aromatic carbocycles. The molecule has 2 aliphatic carbocycles. The quantitative estimate of drug-likeness (QED) is 0.462. The van der Waals surface area contributed by atoms with Crippen molar-refractivity contribution in [2.45, 2.75) is 90.8 Å². The molecule has 1 fully saturated rings. The van der Waals surface area contributed by atoms with E-state index < -0.39 is 11.6 Å². The fourth-order valence-electron chi connectivity index (χ4n) is 4.82. The molecule has 0 saturated heterocycles. The van der Waals surface area contributed by atoms with Gasteiger partial charge in [0, 0.05) is 5.92 Å².